The minimum Gasteiger partial charge on any atom is -0.0722 e. The first kappa shape index (κ1) is 24.1. The van der Waals surface area contributed by atoms with Crippen LogP contribution in [0.2, 0.25) is 70.6 Å². The molecule has 0 aromatic heterocycles. The van der Waals surface area contributed by atoms with Crippen LogP contribution in [0, 0.1) is 0 Å². The second-order valence-electron chi connectivity index (χ2n) is 12.5. The molecule has 0 spiro atoms. The molecule has 0 amide bonds. The van der Waals surface area contributed by atoms with Crippen LogP contribution < -0.4 is 0 Å². The van der Waals surface area contributed by atoms with E-state index in [0.717, 1.165) is 10.7 Å². The van der Waals surface area contributed by atoms with Gasteiger partial charge in [-0.15, -0.1) is 0 Å². The summed E-state index contributed by atoms with van der Waals surface area (Å²) < 4.78 is 0. The Morgan fingerprint density at radius 2 is 1.19 bits per heavy atom. The lowest BCUT2D eigenvalue weighted by Crippen LogP contribution is -2.61. The molecule has 150 valence electrons. The summed E-state index contributed by atoms with van der Waals surface area (Å²) in [6.07, 6.45) is 0. The molecule has 0 fully saturated rings. The normalized spacial score (nSPS) is 16.7. The molecule has 1 aromatic carbocycles. The van der Waals surface area contributed by atoms with E-state index in [2.05, 4.69) is 111 Å². The molecule has 1 aromatic rings. The highest BCUT2D eigenvalue weighted by Gasteiger charge is 2.50. The molecule has 0 nitrogen and oxygen atoms in total. The lowest BCUT2D eigenvalue weighted by molar-refractivity contribution is 0.590. The van der Waals surface area contributed by atoms with E-state index in [4.69, 9.17) is 0 Å². The molecule has 4 heteroatoms. The van der Waals surface area contributed by atoms with E-state index in [0.29, 0.717) is 0 Å². The highest BCUT2D eigenvalue weighted by molar-refractivity contribution is 7.41. The number of hydrogen-bond donors (Lipinski definition) is 0. The van der Waals surface area contributed by atoms with Gasteiger partial charge in [-0.1, -0.05) is 111 Å². The fourth-order valence-electron chi connectivity index (χ4n) is 4.61. The molecule has 0 unspecified atom stereocenters. The van der Waals surface area contributed by atoms with Gasteiger partial charge in [-0.25, -0.2) is 0 Å². The summed E-state index contributed by atoms with van der Waals surface area (Å²) in [6, 6.07) is 9.90. The van der Waals surface area contributed by atoms with Crippen molar-refractivity contribution in [2.24, 2.45) is 0 Å². The Labute approximate surface area is 169 Å². The summed E-state index contributed by atoms with van der Waals surface area (Å²) in [5.41, 5.74) is 4.23. The summed E-state index contributed by atoms with van der Waals surface area (Å²) in [6.45, 7) is 33.5. The molecule has 0 aliphatic carbocycles. The molecule has 1 rings (SSSR count). The fourth-order valence-corrected chi connectivity index (χ4v) is 27.9. The van der Waals surface area contributed by atoms with Crippen LogP contribution in [-0.2, 0) is 5.41 Å². The third kappa shape index (κ3) is 5.33. The van der Waals surface area contributed by atoms with Crippen molar-refractivity contribution in [1.29, 1.82) is 0 Å². The Bertz CT molecular complexity index is 581. The van der Waals surface area contributed by atoms with Gasteiger partial charge >= 0.3 is 0 Å². The minimum atomic E-state index is -1.37. The molecule has 26 heavy (non-hydrogen) atoms. The summed E-state index contributed by atoms with van der Waals surface area (Å²) in [5.74, 6) is 0. The molecule has 0 radical (unpaired) electrons. The molecule has 0 aliphatic heterocycles. The highest BCUT2D eigenvalue weighted by Crippen LogP contribution is 2.47. The molecular weight excluding hydrogens is 377 g/mol. The lowest BCUT2D eigenvalue weighted by atomic mass is 9.86. The standard InChI is InChI=1S/C22H46Si4/c1-22(2,3)19-16-14-18(15-17-19)20(26(12,13)25(9,10)11)21(23(4)5)24(6,7)8/h14-17,20-21,23H,1-13H3/t20-,21+/m1/s1. The van der Waals surface area contributed by atoms with Crippen LogP contribution in [0.5, 0.6) is 0 Å². The van der Waals surface area contributed by atoms with Crippen molar-refractivity contribution < 1.29 is 0 Å². The predicted molar refractivity (Wildman–Crippen MR) is 135 cm³/mol. The van der Waals surface area contributed by atoms with E-state index in [-0.39, 0.29) is 5.41 Å². The van der Waals surface area contributed by atoms with Crippen molar-refractivity contribution in [1.82, 2.24) is 0 Å². The van der Waals surface area contributed by atoms with Crippen LogP contribution in [0.1, 0.15) is 37.4 Å². The minimum absolute atomic E-state index is 0.241. The van der Waals surface area contributed by atoms with E-state index in [1.54, 1.807) is 5.56 Å². The lowest BCUT2D eigenvalue weighted by Gasteiger charge is -2.50. The average molecular weight is 423 g/mol. The highest BCUT2D eigenvalue weighted by atomic mass is 29.3. The Hall–Kier alpha value is 0.0875. The number of benzene rings is 1. The zero-order valence-corrected chi connectivity index (χ0v) is 24.2. The molecule has 0 aliphatic rings. The summed E-state index contributed by atoms with van der Waals surface area (Å²) in [4.78, 5) is 0. The van der Waals surface area contributed by atoms with Crippen LogP contribution >= 0.6 is 0 Å². The Kier molecular flexibility index (Phi) is 7.28. The number of rotatable bonds is 6. The van der Waals surface area contributed by atoms with Crippen molar-refractivity contribution in [3.8, 4) is 0 Å². The second-order valence-corrected chi connectivity index (χ2v) is 38.7. The van der Waals surface area contributed by atoms with Gasteiger partial charge in [-0.05, 0) is 27.2 Å². The molecule has 0 saturated heterocycles. The SMILES string of the molecule is C[SiH](C)[C@H]([C@@H](c1ccc(C(C)(C)C)cc1)[Si](C)(C)[Si](C)(C)C)[Si](C)(C)C. The topological polar surface area (TPSA) is 0 Å². The van der Waals surface area contributed by atoms with Crippen LogP contribution in [0.4, 0.5) is 0 Å². The monoisotopic (exact) mass is 422 g/mol. The van der Waals surface area contributed by atoms with Gasteiger partial charge in [0.15, 0.2) is 0 Å². The predicted octanol–water partition coefficient (Wildman–Crippen LogP) is 7.47. The first-order valence-electron chi connectivity index (χ1n) is 10.5. The van der Waals surface area contributed by atoms with E-state index >= 15 is 0 Å². The van der Waals surface area contributed by atoms with Gasteiger partial charge in [-0.2, -0.15) is 0 Å². The van der Waals surface area contributed by atoms with Crippen LogP contribution in [0.3, 0.4) is 0 Å². The smallest absolute Gasteiger partial charge is 0.0484 e. The Morgan fingerprint density at radius 3 is 1.46 bits per heavy atom. The van der Waals surface area contributed by atoms with E-state index < -0.39 is 32.1 Å². The van der Waals surface area contributed by atoms with Gasteiger partial charge in [0.2, 0.25) is 0 Å². The third-order valence-electron chi connectivity index (χ3n) is 6.92. The van der Waals surface area contributed by atoms with Crippen molar-refractivity contribution in [2.75, 3.05) is 0 Å². The summed E-state index contributed by atoms with van der Waals surface area (Å²) in [7, 11) is -4.50. The van der Waals surface area contributed by atoms with E-state index in [9.17, 15) is 0 Å². The largest absolute Gasteiger partial charge is 0.0722 e. The van der Waals surface area contributed by atoms with Crippen LogP contribution in [0.15, 0.2) is 24.3 Å². The van der Waals surface area contributed by atoms with E-state index in [1.165, 1.54) is 5.56 Å². The maximum atomic E-state index is 2.73. The molecule has 0 saturated carbocycles. The van der Waals surface area contributed by atoms with Gasteiger partial charge < -0.3 is 0 Å². The summed E-state index contributed by atoms with van der Waals surface area (Å²) in [5, 5.41) is 0.997. The zero-order chi connectivity index (χ0) is 20.7. The molecule has 0 bridgehead atoms. The van der Waals surface area contributed by atoms with E-state index in [1.807, 2.05) is 0 Å². The van der Waals surface area contributed by atoms with Gasteiger partial charge in [0.25, 0.3) is 0 Å². The van der Waals surface area contributed by atoms with Crippen molar-refractivity contribution in [2.45, 2.75) is 102 Å². The van der Waals surface area contributed by atoms with Crippen LogP contribution in [0.25, 0.3) is 0 Å². The van der Waals surface area contributed by atoms with Gasteiger partial charge in [0.05, 0.1) is 0 Å². The second kappa shape index (κ2) is 7.84. The third-order valence-corrected chi connectivity index (χ3v) is 35.4. The summed E-state index contributed by atoms with van der Waals surface area (Å²) >= 11 is 0. The van der Waals surface area contributed by atoms with Crippen LogP contribution in [-0.4, -0.2) is 32.1 Å². The van der Waals surface area contributed by atoms with Gasteiger partial charge in [0.1, 0.15) is 0 Å². The van der Waals surface area contributed by atoms with Crippen molar-refractivity contribution in [3.05, 3.63) is 35.4 Å². The van der Waals surface area contributed by atoms with Crippen molar-refractivity contribution in [3.63, 3.8) is 0 Å². The zero-order valence-electron chi connectivity index (χ0n) is 20.0. The molecule has 2 atom stereocenters. The Morgan fingerprint density at radius 1 is 0.769 bits per heavy atom. The first-order valence-corrected chi connectivity index (χ1v) is 24.6. The van der Waals surface area contributed by atoms with Gasteiger partial charge in [-0.3, -0.25) is 0 Å². The quantitative estimate of drug-likeness (QED) is 0.417. The molecule has 0 heterocycles. The average Bonchev–Trinajstić information content (AvgIpc) is 2.40. The Balaban J connectivity index is 3.61. The van der Waals surface area contributed by atoms with Crippen molar-refractivity contribution >= 4 is 32.1 Å². The maximum Gasteiger partial charge on any atom is 0.0484 e. The van der Waals surface area contributed by atoms with Gasteiger partial charge in [0, 0.05) is 32.1 Å². The molecular formula is C22H46Si4. The first-order chi connectivity index (χ1) is 11.4. The maximum absolute atomic E-state index is 2.73. The fraction of sp³-hybridized carbons (Fsp3) is 0.727. The number of hydrogen-bond acceptors (Lipinski definition) is 0. The molecule has 0 N–H and O–H groups in total.